The summed E-state index contributed by atoms with van der Waals surface area (Å²) in [6.45, 7) is 2.27. The quantitative estimate of drug-likeness (QED) is 0.177. The first-order valence-electron chi connectivity index (χ1n) is 11.2. The van der Waals surface area contributed by atoms with E-state index in [1.807, 2.05) is 0 Å². The summed E-state index contributed by atoms with van der Waals surface area (Å²) in [5, 5.41) is 0. The Morgan fingerprint density at radius 3 is 2.50 bits per heavy atom. The van der Waals surface area contributed by atoms with Crippen LogP contribution in [0.25, 0.3) is 0 Å². The van der Waals surface area contributed by atoms with Crippen molar-refractivity contribution in [2.45, 2.75) is 96.6 Å². The van der Waals surface area contributed by atoms with E-state index in [9.17, 15) is 0 Å². The van der Waals surface area contributed by atoms with Gasteiger partial charge in [0.15, 0.2) is 12.1 Å². The summed E-state index contributed by atoms with van der Waals surface area (Å²) in [5.41, 5.74) is 0. The zero-order valence-corrected chi connectivity index (χ0v) is 19.3. The third kappa shape index (κ3) is 11.3. The van der Waals surface area contributed by atoms with Crippen LogP contribution in [0.4, 0.5) is 0 Å². The molecule has 0 aromatic carbocycles. The first-order valence-corrected chi connectivity index (χ1v) is 11.9. The Morgan fingerprint density at radius 2 is 1.79 bits per heavy atom. The Labute approximate surface area is 178 Å². The van der Waals surface area contributed by atoms with Crippen LogP contribution in [-0.2, 0) is 9.47 Å². The highest BCUT2D eigenvalue weighted by atomic mass is 32.1. The Kier molecular flexibility index (Phi) is 15.4. The average molecular weight is 411 g/mol. The molecule has 4 nitrogen and oxygen atoms in total. The molecular formula is C23H42N2O2S. The smallest absolute Gasteiger partial charge is 0.193 e. The summed E-state index contributed by atoms with van der Waals surface area (Å²) in [5.74, 6) is 2.92. The van der Waals surface area contributed by atoms with E-state index in [1.165, 1.54) is 64.2 Å². The van der Waals surface area contributed by atoms with Gasteiger partial charge in [0.05, 0.1) is 13.5 Å². The molecule has 2 atom stereocenters. The highest BCUT2D eigenvalue weighted by molar-refractivity contribution is 7.80. The first kappa shape index (κ1) is 25.2. The summed E-state index contributed by atoms with van der Waals surface area (Å²) in [6, 6.07) is 0. The molecule has 0 saturated carbocycles. The summed E-state index contributed by atoms with van der Waals surface area (Å²) >= 11 is 4.32. The lowest BCUT2D eigenvalue weighted by molar-refractivity contribution is 0.109. The Morgan fingerprint density at radius 1 is 1.04 bits per heavy atom. The van der Waals surface area contributed by atoms with Gasteiger partial charge in [0.2, 0.25) is 0 Å². The fraction of sp³-hybridized carbons (Fsp3) is 0.826. The summed E-state index contributed by atoms with van der Waals surface area (Å²) in [7, 11) is 3.38. The third-order valence-corrected chi connectivity index (χ3v) is 5.58. The van der Waals surface area contributed by atoms with Crippen LogP contribution in [-0.4, -0.2) is 37.9 Å². The standard InChI is InChI=1S/C23H42N2O2S/c1-4-5-6-7-8-9-10-11-13-16-20(17-14-12-15-18-28)23-24-21(26-2)19-22(25-23)27-3/h11,13,20-21,28H,4-10,12,14-19H2,1-3H3. The lowest BCUT2D eigenvalue weighted by atomic mass is 9.95. The Balaban J connectivity index is 2.53. The van der Waals surface area contributed by atoms with Gasteiger partial charge >= 0.3 is 0 Å². The minimum atomic E-state index is -0.172. The molecule has 0 spiro atoms. The predicted octanol–water partition coefficient (Wildman–Crippen LogP) is 6.61. The van der Waals surface area contributed by atoms with E-state index in [4.69, 9.17) is 14.5 Å². The topological polar surface area (TPSA) is 43.2 Å². The number of methoxy groups -OCH3 is 2. The van der Waals surface area contributed by atoms with Crippen LogP contribution in [0.2, 0.25) is 0 Å². The van der Waals surface area contributed by atoms with E-state index < -0.39 is 0 Å². The first-order chi connectivity index (χ1) is 13.7. The van der Waals surface area contributed by atoms with Crippen LogP contribution >= 0.6 is 12.6 Å². The van der Waals surface area contributed by atoms with Crippen molar-refractivity contribution in [2.75, 3.05) is 20.0 Å². The molecule has 162 valence electrons. The molecule has 0 aromatic rings. The van der Waals surface area contributed by atoms with Crippen LogP contribution in [0.5, 0.6) is 0 Å². The van der Waals surface area contributed by atoms with Crippen molar-refractivity contribution in [1.29, 1.82) is 0 Å². The number of hydrogen-bond acceptors (Lipinski definition) is 5. The molecule has 1 aliphatic heterocycles. The molecule has 0 aliphatic carbocycles. The van der Waals surface area contributed by atoms with Crippen molar-refractivity contribution in [3.8, 4) is 0 Å². The van der Waals surface area contributed by atoms with Gasteiger partial charge < -0.3 is 9.47 Å². The summed E-state index contributed by atoms with van der Waals surface area (Å²) < 4.78 is 10.9. The largest absolute Gasteiger partial charge is 0.484 e. The number of ether oxygens (including phenoxy) is 2. The van der Waals surface area contributed by atoms with E-state index in [0.29, 0.717) is 12.3 Å². The molecule has 0 bridgehead atoms. The number of amidine groups is 1. The Bertz CT molecular complexity index is 477. The van der Waals surface area contributed by atoms with E-state index in [2.05, 4.69) is 36.7 Å². The van der Waals surface area contributed by atoms with E-state index in [1.54, 1.807) is 14.2 Å². The van der Waals surface area contributed by atoms with Crippen molar-refractivity contribution >= 4 is 24.4 Å². The molecule has 1 rings (SSSR count). The van der Waals surface area contributed by atoms with Crippen LogP contribution in [0.1, 0.15) is 90.4 Å². The van der Waals surface area contributed by atoms with Gasteiger partial charge in [-0.15, -0.1) is 0 Å². The second kappa shape index (κ2) is 17.1. The van der Waals surface area contributed by atoms with Gasteiger partial charge in [-0.1, -0.05) is 64.0 Å². The Hall–Kier alpha value is -0.810. The molecule has 2 unspecified atom stereocenters. The third-order valence-electron chi connectivity index (χ3n) is 5.26. The molecule has 0 radical (unpaired) electrons. The number of hydrogen-bond donors (Lipinski definition) is 1. The van der Waals surface area contributed by atoms with Gasteiger partial charge in [0.25, 0.3) is 0 Å². The minimum absolute atomic E-state index is 0.172. The fourth-order valence-corrected chi connectivity index (χ4v) is 3.68. The SMILES string of the molecule is CCCCCCCCC=CCC(CCCCCS)C1=NC(OC)CC(OC)=N1. The monoisotopic (exact) mass is 410 g/mol. The van der Waals surface area contributed by atoms with Gasteiger partial charge in [-0.05, 0) is 37.9 Å². The second-order valence-corrected chi connectivity index (χ2v) is 8.07. The minimum Gasteiger partial charge on any atom is -0.484 e. The normalized spacial score (nSPS) is 18.2. The molecule has 0 fully saturated rings. The van der Waals surface area contributed by atoms with E-state index >= 15 is 0 Å². The number of allylic oxidation sites excluding steroid dienone is 2. The maximum atomic E-state index is 5.47. The van der Waals surface area contributed by atoms with Crippen LogP contribution < -0.4 is 0 Å². The molecule has 1 aliphatic rings. The molecule has 0 saturated heterocycles. The molecule has 0 aromatic heterocycles. The second-order valence-electron chi connectivity index (χ2n) is 7.62. The molecule has 5 heteroatoms. The van der Waals surface area contributed by atoms with Gasteiger partial charge in [-0.3, -0.25) is 0 Å². The van der Waals surface area contributed by atoms with E-state index in [-0.39, 0.29) is 6.23 Å². The van der Waals surface area contributed by atoms with Crippen LogP contribution in [0.15, 0.2) is 22.1 Å². The summed E-state index contributed by atoms with van der Waals surface area (Å²) in [4.78, 5) is 9.40. The van der Waals surface area contributed by atoms with Crippen molar-refractivity contribution < 1.29 is 9.47 Å². The average Bonchev–Trinajstić information content (AvgIpc) is 2.73. The van der Waals surface area contributed by atoms with Crippen LogP contribution in [0, 0.1) is 5.92 Å². The van der Waals surface area contributed by atoms with Gasteiger partial charge in [0, 0.05) is 13.0 Å². The zero-order chi connectivity index (χ0) is 20.5. The number of rotatable bonds is 16. The molecule has 1 heterocycles. The molecule has 0 N–H and O–H groups in total. The van der Waals surface area contributed by atoms with Crippen molar-refractivity contribution in [3.05, 3.63) is 12.2 Å². The highest BCUT2D eigenvalue weighted by Crippen LogP contribution is 2.22. The lowest BCUT2D eigenvalue weighted by Gasteiger charge is -2.23. The van der Waals surface area contributed by atoms with Gasteiger partial charge in [0.1, 0.15) is 5.84 Å². The van der Waals surface area contributed by atoms with E-state index in [0.717, 1.165) is 30.3 Å². The lowest BCUT2D eigenvalue weighted by Crippen LogP contribution is -2.26. The zero-order valence-electron chi connectivity index (χ0n) is 18.4. The number of unbranched alkanes of at least 4 members (excludes halogenated alkanes) is 8. The number of nitrogens with zero attached hydrogens (tertiary/aromatic N) is 2. The summed E-state index contributed by atoms with van der Waals surface area (Å²) in [6.07, 6.45) is 20.1. The number of thiol groups is 1. The molecule has 28 heavy (non-hydrogen) atoms. The van der Waals surface area contributed by atoms with Crippen molar-refractivity contribution in [3.63, 3.8) is 0 Å². The van der Waals surface area contributed by atoms with Crippen LogP contribution in [0.3, 0.4) is 0 Å². The maximum absolute atomic E-state index is 5.47. The fourth-order valence-electron chi connectivity index (χ4n) is 3.46. The number of aliphatic imine (C=N–C) groups is 2. The molecule has 0 amide bonds. The van der Waals surface area contributed by atoms with Gasteiger partial charge in [-0.25, -0.2) is 9.98 Å². The highest BCUT2D eigenvalue weighted by Gasteiger charge is 2.23. The van der Waals surface area contributed by atoms with Gasteiger partial charge in [-0.2, -0.15) is 12.6 Å². The predicted molar refractivity (Wildman–Crippen MR) is 125 cm³/mol. The van der Waals surface area contributed by atoms with Crippen molar-refractivity contribution in [1.82, 2.24) is 0 Å². The molecular weight excluding hydrogens is 368 g/mol. The van der Waals surface area contributed by atoms with Crippen molar-refractivity contribution in [2.24, 2.45) is 15.9 Å². The maximum Gasteiger partial charge on any atom is 0.193 e.